The number of furan rings is 1. The Kier molecular flexibility index (Phi) is 5.41. The maximum absolute atomic E-state index is 12.7. The van der Waals surface area contributed by atoms with Gasteiger partial charge in [-0.1, -0.05) is 12.1 Å². The summed E-state index contributed by atoms with van der Waals surface area (Å²) in [7, 11) is 0. The Bertz CT molecular complexity index is 1100. The number of ether oxygens (including phenoxy) is 1. The Morgan fingerprint density at radius 2 is 1.90 bits per heavy atom. The number of fused-ring (bicyclic) bond motifs is 1. The largest absolute Gasteiger partial charge is 0.464 e. The zero-order valence-corrected chi connectivity index (χ0v) is 17.7. The van der Waals surface area contributed by atoms with Crippen molar-refractivity contribution in [2.24, 2.45) is 0 Å². The van der Waals surface area contributed by atoms with Gasteiger partial charge in [0.25, 0.3) is 5.91 Å². The maximum atomic E-state index is 12.7. The van der Waals surface area contributed by atoms with Gasteiger partial charge in [0.2, 0.25) is 0 Å². The fraction of sp³-hybridized carbons (Fsp3) is 0.348. The molecule has 8 heteroatoms. The monoisotopic (exact) mass is 423 g/mol. The molecule has 2 amide bonds. The molecule has 2 aromatic heterocycles. The number of aliphatic hydroxyl groups excluding tert-OH is 1. The van der Waals surface area contributed by atoms with E-state index in [1.165, 1.54) is 4.90 Å². The Hall–Kier alpha value is -3.39. The third-order valence-electron chi connectivity index (χ3n) is 5.06. The van der Waals surface area contributed by atoms with Crippen molar-refractivity contribution in [3.63, 3.8) is 0 Å². The lowest BCUT2D eigenvalue weighted by Gasteiger charge is -2.24. The van der Waals surface area contributed by atoms with Gasteiger partial charge in [-0.15, -0.1) is 0 Å². The molecule has 0 unspecified atom stereocenters. The predicted octanol–water partition coefficient (Wildman–Crippen LogP) is 3.20. The number of amides is 2. The van der Waals surface area contributed by atoms with Crippen LogP contribution in [0.4, 0.5) is 4.79 Å². The second-order valence-electron chi connectivity index (χ2n) is 8.60. The molecule has 2 atom stereocenters. The average Bonchev–Trinajstić information content (AvgIpc) is 3.33. The SMILES string of the molecule is CC(C)(C)OC(=O)N1C[C@@H](O)[C@H](NC(=O)c2ccc(-c3nccc4occc34)cc2)C1. The Labute approximate surface area is 179 Å². The van der Waals surface area contributed by atoms with E-state index in [0.29, 0.717) is 5.56 Å². The fourth-order valence-electron chi connectivity index (χ4n) is 3.56. The van der Waals surface area contributed by atoms with E-state index in [2.05, 4.69) is 10.3 Å². The molecule has 1 aliphatic rings. The van der Waals surface area contributed by atoms with Gasteiger partial charge in [0.1, 0.15) is 11.2 Å². The zero-order chi connectivity index (χ0) is 22.2. The van der Waals surface area contributed by atoms with E-state index in [1.807, 2.05) is 18.2 Å². The van der Waals surface area contributed by atoms with Crippen molar-refractivity contribution in [2.75, 3.05) is 13.1 Å². The highest BCUT2D eigenvalue weighted by atomic mass is 16.6. The molecule has 3 aromatic rings. The number of pyridine rings is 1. The molecular weight excluding hydrogens is 398 g/mol. The van der Waals surface area contributed by atoms with Gasteiger partial charge >= 0.3 is 6.09 Å². The number of carbonyl (C=O) groups is 2. The Morgan fingerprint density at radius 3 is 2.61 bits per heavy atom. The minimum atomic E-state index is -0.862. The van der Waals surface area contributed by atoms with Crippen LogP contribution in [0.2, 0.25) is 0 Å². The normalized spacial score (nSPS) is 18.9. The number of likely N-dealkylation sites (tertiary alicyclic amines) is 1. The topological polar surface area (TPSA) is 105 Å². The molecular formula is C23H25N3O5. The van der Waals surface area contributed by atoms with E-state index >= 15 is 0 Å². The molecule has 4 rings (SSSR count). The summed E-state index contributed by atoms with van der Waals surface area (Å²) in [5.41, 5.74) is 2.21. The highest BCUT2D eigenvalue weighted by Crippen LogP contribution is 2.27. The van der Waals surface area contributed by atoms with Gasteiger partial charge in [-0.3, -0.25) is 9.78 Å². The molecule has 1 fully saturated rings. The van der Waals surface area contributed by atoms with Crippen LogP contribution in [0.3, 0.4) is 0 Å². The van der Waals surface area contributed by atoms with Crippen LogP contribution in [0.1, 0.15) is 31.1 Å². The van der Waals surface area contributed by atoms with E-state index in [1.54, 1.807) is 51.4 Å². The van der Waals surface area contributed by atoms with E-state index in [4.69, 9.17) is 9.15 Å². The Balaban J connectivity index is 1.42. The molecule has 0 spiro atoms. The molecule has 1 aliphatic heterocycles. The summed E-state index contributed by atoms with van der Waals surface area (Å²) in [6.45, 7) is 5.64. The molecule has 8 nitrogen and oxygen atoms in total. The predicted molar refractivity (Wildman–Crippen MR) is 115 cm³/mol. The molecule has 2 N–H and O–H groups in total. The number of carbonyl (C=O) groups excluding carboxylic acids is 2. The van der Waals surface area contributed by atoms with Crippen LogP contribution in [-0.2, 0) is 4.74 Å². The third kappa shape index (κ3) is 4.54. The molecule has 3 heterocycles. The summed E-state index contributed by atoms with van der Waals surface area (Å²) in [5.74, 6) is -0.323. The van der Waals surface area contributed by atoms with E-state index in [-0.39, 0.29) is 19.0 Å². The van der Waals surface area contributed by atoms with E-state index < -0.39 is 23.8 Å². The summed E-state index contributed by atoms with van der Waals surface area (Å²) >= 11 is 0. The first-order valence-corrected chi connectivity index (χ1v) is 10.1. The highest BCUT2D eigenvalue weighted by molar-refractivity contribution is 5.96. The summed E-state index contributed by atoms with van der Waals surface area (Å²) in [6.07, 6.45) is 1.93. The first-order valence-electron chi connectivity index (χ1n) is 10.1. The average molecular weight is 423 g/mol. The van der Waals surface area contributed by atoms with Crippen LogP contribution < -0.4 is 5.32 Å². The van der Waals surface area contributed by atoms with Crippen molar-refractivity contribution in [1.82, 2.24) is 15.2 Å². The summed E-state index contributed by atoms with van der Waals surface area (Å²) in [5, 5.41) is 14.0. The second kappa shape index (κ2) is 8.03. The van der Waals surface area contributed by atoms with Gasteiger partial charge in [0, 0.05) is 29.3 Å². The van der Waals surface area contributed by atoms with Gasteiger partial charge < -0.3 is 24.5 Å². The lowest BCUT2D eigenvalue weighted by molar-refractivity contribution is 0.0269. The van der Waals surface area contributed by atoms with Gasteiger partial charge in [-0.05, 0) is 45.0 Å². The molecule has 0 saturated carbocycles. The number of hydrogen-bond acceptors (Lipinski definition) is 6. The first-order chi connectivity index (χ1) is 14.7. The van der Waals surface area contributed by atoms with Gasteiger partial charge in [-0.25, -0.2) is 4.79 Å². The van der Waals surface area contributed by atoms with Crippen molar-refractivity contribution < 1.29 is 23.8 Å². The summed E-state index contributed by atoms with van der Waals surface area (Å²) < 4.78 is 10.8. The molecule has 0 aliphatic carbocycles. The molecule has 162 valence electrons. The van der Waals surface area contributed by atoms with Gasteiger partial charge in [0.15, 0.2) is 0 Å². The zero-order valence-electron chi connectivity index (χ0n) is 17.7. The van der Waals surface area contributed by atoms with Crippen LogP contribution in [0.5, 0.6) is 0 Å². The van der Waals surface area contributed by atoms with Crippen LogP contribution >= 0.6 is 0 Å². The van der Waals surface area contributed by atoms with Crippen LogP contribution in [0, 0.1) is 0 Å². The lowest BCUT2D eigenvalue weighted by atomic mass is 10.1. The third-order valence-corrected chi connectivity index (χ3v) is 5.06. The Morgan fingerprint density at radius 1 is 1.16 bits per heavy atom. The van der Waals surface area contributed by atoms with Crippen molar-refractivity contribution in [2.45, 2.75) is 38.5 Å². The lowest BCUT2D eigenvalue weighted by Crippen LogP contribution is -2.43. The number of nitrogens with one attached hydrogen (secondary N) is 1. The minimum absolute atomic E-state index is 0.110. The number of rotatable bonds is 3. The van der Waals surface area contributed by atoms with Crippen molar-refractivity contribution >= 4 is 23.0 Å². The molecule has 31 heavy (non-hydrogen) atoms. The van der Waals surface area contributed by atoms with Gasteiger partial charge in [0.05, 0.1) is 30.6 Å². The van der Waals surface area contributed by atoms with E-state index in [9.17, 15) is 14.7 Å². The molecule has 0 bridgehead atoms. The highest BCUT2D eigenvalue weighted by Gasteiger charge is 2.37. The minimum Gasteiger partial charge on any atom is -0.464 e. The van der Waals surface area contributed by atoms with Crippen molar-refractivity contribution in [3.8, 4) is 11.3 Å². The maximum Gasteiger partial charge on any atom is 0.410 e. The quantitative estimate of drug-likeness (QED) is 0.670. The standard InChI is InChI=1S/C23H25N3O5/c1-23(2,3)31-22(29)26-12-17(18(27)13-26)25-21(28)15-6-4-14(5-7-15)20-16-9-11-30-19(16)8-10-24-20/h4-11,17-18,27H,12-13H2,1-3H3,(H,25,28)/t17-,18-/m1/s1. The van der Waals surface area contributed by atoms with Crippen LogP contribution in [0.25, 0.3) is 22.2 Å². The fourth-order valence-corrected chi connectivity index (χ4v) is 3.56. The number of aromatic nitrogens is 1. The molecule has 0 radical (unpaired) electrons. The van der Waals surface area contributed by atoms with Gasteiger partial charge in [-0.2, -0.15) is 0 Å². The van der Waals surface area contributed by atoms with Crippen LogP contribution in [-0.4, -0.2) is 57.8 Å². The number of hydrogen-bond donors (Lipinski definition) is 2. The first kappa shape index (κ1) is 20.9. The summed E-state index contributed by atoms with van der Waals surface area (Å²) in [6, 6.07) is 10.1. The molecule has 1 aromatic carbocycles. The second-order valence-corrected chi connectivity index (χ2v) is 8.60. The van der Waals surface area contributed by atoms with Crippen LogP contribution in [0.15, 0.2) is 53.3 Å². The summed E-state index contributed by atoms with van der Waals surface area (Å²) in [4.78, 5) is 30.7. The molecule has 1 saturated heterocycles. The number of nitrogens with zero attached hydrogens (tertiary/aromatic N) is 2. The number of benzene rings is 1. The number of β-amino-alcohol motifs (C(OH)–C–C–N with tert-alkyl or cyclic N) is 1. The smallest absolute Gasteiger partial charge is 0.410 e. The van der Waals surface area contributed by atoms with Crippen molar-refractivity contribution in [3.05, 3.63) is 54.4 Å². The van der Waals surface area contributed by atoms with E-state index in [0.717, 1.165) is 22.2 Å². The van der Waals surface area contributed by atoms with Crippen molar-refractivity contribution in [1.29, 1.82) is 0 Å². The number of aliphatic hydroxyl groups is 1.